The van der Waals surface area contributed by atoms with Gasteiger partial charge in [0.15, 0.2) is 10.8 Å². The quantitative estimate of drug-likeness (QED) is 0.860. The second-order valence-electron chi connectivity index (χ2n) is 3.45. The van der Waals surface area contributed by atoms with Crippen molar-refractivity contribution in [3.05, 3.63) is 29.0 Å². The predicted molar refractivity (Wildman–Crippen MR) is 65.9 cm³/mol. The Morgan fingerprint density at radius 2 is 2.47 bits per heavy atom. The van der Waals surface area contributed by atoms with Crippen LogP contribution >= 0.6 is 11.3 Å². The predicted octanol–water partition coefficient (Wildman–Crippen LogP) is 1.40. The molecular weight excluding hydrogens is 238 g/mol. The zero-order chi connectivity index (χ0) is 12.3. The summed E-state index contributed by atoms with van der Waals surface area (Å²) in [4.78, 5) is 16.9. The summed E-state index contributed by atoms with van der Waals surface area (Å²) in [5, 5.41) is 3.41. The largest absolute Gasteiger partial charge is 0.462 e. The number of nitrogens with two attached hydrogens (primary N) is 1. The van der Waals surface area contributed by atoms with Gasteiger partial charge in [-0.1, -0.05) is 0 Å². The molecule has 2 aromatic rings. The van der Waals surface area contributed by atoms with Gasteiger partial charge in [0.2, 0.25) is 0 Å². The lowest BCUT2D eigenvalue weighted by molar-refractivity contribution is 0.0950. The molecule has 17 heavy (non-hydrogen) atoms. The molecule has 3 N–H and O–H groups in total. The highest BCUT2D eigenvalue weighted by atomic mass is 32.1. The van der Waals surface area contributed by atoms with Crippen molar-refractivity contribution in [1.82, 2.24) is 10.3 Å². The summed E-state index contributed by atoms with van der Waals surface area (Å²) >= 11 is 1.44. The van der Waals surface area contributed by atoms with Crippen LogP contribution in [0.2, 0.25) is 0 Å². The van der Waals surface area contributed by atoms with Gasteiger partial charge in [-0.05, 0) is 19.1 Å². The highest BCUT2D eigenvalue weighted by Gasteiger charge is 2.16. The smallest absolute Gasteiger partial charge is 0.271 e. The number of furan rings is 1. The molecule has 0 aliphatic rings. The van der Waals surface area contributed by atoms with E-state index >= 15 is 0 Å². The van der Waals surface area contributed by atoms with Gasteiger partial charge in [0.25, 0.3) is 5.91 Å². The van der Waals surface area contributed by atoms with Crippen molar-refractivity contribution in [3.63, 3.8) is 0 Å². The van der Waals surface area contributed by atoms with E-state index in [1.165, 1.54) is 11.3 Å². The molecule has 0 bridgehead atoms. The van der Waals surface area contributed by atoms with E-state index in [-0.39, 0.29) is 5.91 Å². The van der Waals surface area contributed by atoms with E-state index in [2.05, 4.69) is 10.3 Å². The number of nitrogens with zero attached hydrogens (tertiary/aromatic N) is 1. The maximum absolute atomic E-state index is 11.8. The van der Waals surface area contributed by atoms with Gasteiger partial charge in [-0.2, -0.15) is 0 Å². The summed E-state index contributed by atoms with van der Waals surface area (Å²) in [6, 6.07) is 3.61. The molecule has 5 nitrogen and oxygen atoms in total. The standard InChI is InChI=1S/C11H13N3O2S/c1-7-9(10(15)13-5-4-12)14-11(17-7)8-3-2-6-16-8/h2-3,6H,4-5,12H2,1H3,(H,13,15). The van der Waals surface area contributed by atoms with E-state index in [4.69, 9.17) is 10.2 Å². The number of thiazole rings is 1. The molecule has 0 spiro atoms. The third-order valence-corrected chi connectivity index (χ3v) is 3.16. The van der Waals surface area contributed by atoms with E-state index in [0.717, 1.165) is 4.88 Å². The Morgan fingerprint density at radius 1 is 1.65 bits per heavy atom. The molecule has 2 aromatic heterocycles. The van der Waals surface area contributed by atoms with Crippen LogP contribution in [0.15, 0.2) is 22.8 Å². The van der Waals surface area contributed by atoms with Crippen LogP contribution in [0.4, 0.5) is 0 Å². The number of aryl methyl sites for hydroxylation is 1. The molecule has 90 valence electrons. The molecule has 0 atom stereocenters. The molecule has 2 heterocycles. The van der Waals surface area contributed by atoms with Crippen LogP contribution in [0.3, 0.4) is 0 Å². The van der Waals surface area contributed by atoms with Gasteiger partial charge in [-0.15, -0.1) is 11.3 Å². The topological polar surface area (TPSA) is 81.2 Å². The van der Waals surface area contributed by atoms with Gasteiger partial charge in [-0.3, -0.25) is 4.79 Å². The molecule has 2 rings (SSSR count). The van der Waals surface area contributed by atoms with Gasteiger partial charge in [-0.25, -0.2) is 4.98 Å². The van der Waals surface area contributed by atoms with Crippen molar-refractivity contribution in [2.45, 2.75) is 6.92 Å². The summed E-state index contributed by atoms with van der Waals surface area (Å²) in [6.45, 7) is 2.73. The first-order valence-electron chi connectivity index (χ1n) is 5.22. The highest BCUT2D eigenvalue weighted by molar-refractivity contribution is 7.15. The first-order chi connectivity index (χ1) is 8.22. The maximum atomic E-state index is 11.8. The van der Waals surface area contributed by atoms with Gasteiger partial charge < -0.3 is 15.5 Å². The Morgan fingerprint density at radius 3 is 3.12 bits per heavy atom. The van der Waals surface area contributed by atoms with Gasteiger partial charge in [0, 0.05) is 18.0 Å². The fraction of sp³-hybridized carbons (Fsp3) is 0.273. The minimum absolute atomic E-state index is 0.193. The lowest BCUT2D eigenvalue weighted by atomic mass is 10.3. The fourth-order valence-corrected chi connectivity index (χ4v) is 2.26. The third-order valence-electron chi connectivity index (χ3n) is 2.17. The Hall–Kier alpha value is -1.66. The number of aromatic nitrogens is 1. The molecule has 6 heteroatoms. The second-order valence-corrected chi connectivity index (χ2v) is 4.65. The van der Waals surface area contributed by atoms with Crippen LogP contribution in [0.5, 0.6) is 0 Å². The molecule has 1 amide bonds. The van der Waals surface area contributed by atoms with Crippen molar-refractivity contribution in [2.75, 3.05) is 13.1 Å². The summed E-state index contributed by atoms with van der Waals surface area (Å²) < 4.78 is 5.24. The van der Waals surface area contributed by atoms with Crippen molar-refractivity contribution < 1.29 is 9.21 Å². The van der Waals surface area contributed by atoms with Gasteiger partial charge >= 0.3 is 0 Å². The number of carbonyl (C=O) groups excluding carboxylic acids is 1. The number of amides is 1. The highest BCUT2D eigenvalue weighted by Crippen LogP contribution is 2.27. The Labute approximate surface area is 103 Å². The normalized spacial score (nSPS) is 10.5. The molecular formula is C11H13N3O2S. The molecule has 0 unspecified atom stereocenters. The number of carbonyl (C=O) groups is 1. The number of hydrogen-bond acceptors (Lipinski definition) is 5. The molecule has 0 aromatic carbocycles. The van der Waals surface area contributed by atoms with Gasteiger partial charge in [0.05, 0.1) is 6.26 Å². The monoisotopic (exact) mass is 251 g/mol. The average Bonchev–Trinajstić information content (AvgIpc) is 2.94. The van der Waals surface area contributed by atoms with E-state index in [1.54, 1.807) is 12.3 Å². The van der Waals surface area contributed by atoms with E-state index < -0.39 is 0 Å². The van der Waals surface area contributed by atoms with Crippen molar-refractivity contribution in [3.8, 4) is 10.8 Å². The van der Waals surface area contributed by atoms with E-state index in [9.17, 15) is 4.79 Å². The summed E-state index contributed by atoms with van der Waals surface area (Å²) in [5.41, 5.74) is 5.77. The minimum atomic E-state index is -0.193. The van der Waals surface area contributed by atoms with Crippen LogP contribution in [0, 0.1) is 6.92 Å². The summed E-state index contributed by atoms with van der Waals surface area (Å²) in [7, 11) is 0. The Balaban J connectivity index is 2.22. The number of hydrogen-bond donors (Lipinski definition) is 2. The van der Waals surface area contributed by atoms with Crippen LogP contribution in [0.1, 0.15) is 15.4 Å². The molecule has 0 aliphatic carbocycles. The zero-order valence-corrected chi connectivity index (χ0v) is 10.2. The number of nitrogens with one attached hydrogen (secondary N) is 1. The fourth-order valence-electron chi connectivity index (χ4n) is 1.38. The van der Waals surface area contributed by atoms with Crippen molar-refractivity contribution in [2.24, 2.45) is 5.73 Å². The van der Waals surface area contributed by atoms with Crippen LogP contribution in [-0.4, -0.2) is 24.0 Å². The molecule has 0 aliphatic heterocycles. The van der Waals surface area contributed by atoms with Crippen LogP contribution < -0.4 is 11.1 Å². The maximum Gasteiger partial charge on any atom is 0.271 e. The Bertz CT molecular complexity index is 505. The van der Waals surface area contributed by atoms with Crippen molar-refractivity contribution >= 4 is 17.2 Å². The third kappa shape index (κ3) is 2.54. The number of rotatable bonds is 4. The van der Waals surface area contributed by atoms with E-state index in [1.807, 2.05) is 13.0 Å². The second kappa shape index (κ2) is 5.11. The first kappa shape index (κ1) is 11.8. The molecule has 0 fully saturated rings. The zero-order valence-electron chi connectivity index (χ0n) is 9.40. The van der Waals surface area contributed by atoms with Crippen LogP contribution in [-0.2, 0) is 0 Å². The van der Waals surface area contributed by atoms with Gasteiger partial charge in [0.1, 0.15) is 5.69 Å². The molecule has 0 radical (unpaired) electrons. The SMILES string of the molecule is Cc1sc(-c2ccco2)nc1C(=O)NCCN. The summed E-state index contributed by atoms with van der Waals surface area (Å²) in [6.07, 6.45) is 1.58. The molecule has 0 saturated carbocycles. The lowest BCUT2D eigenvalue weighted by Gasteiger charge is -2.00. The minimum Gasteiger partial charge on any atom is -0.462 e. The first-order valence-corrected chi connectivity index (χ1v) is 6.03. The van der Waals surface area contributed by atoms with E-state index in [0.29, 0.717) is 29.6 Å². The molecule has 0 saturated heterocycles. The Kier molecular flexibility index (Phi) is 3.55. The summed E-state index contributed by atoms with van der Waals surface area (Å²) in [5.74, 6) is 0.484. The van der Waals surface area contributed by atoms with Crippen LogP contribution in [0.25, 0.3) is 10.8 Å². The lowest BCUT2D eigenvalue weighted by Crippen LogP contribution is -2.29. The van der Waals surface area contributed by atoms with Crippen molar-refractivity contribution in [1.29, 1.82) is 0 Å². The average molecular weight is 251 g/mol.